The third-order valence-corrected chi connectivity index (χ3v) is 9.66. The molecule has 3 aliphatic rings. The number of ether oxygens (including phenoxy) is 8. The van der Waals surface area contributed by atoms with Crippen LogP contribution in [0.5, 0.6) is 0 Å². The number of benzene rings is 4. The Morgan fingerprint density at radius 1 is 0.679 bits per heavy atom. The maximum Gasteiger partial charge on any atom is 0.187 e. The summed E-state index contributed by atoms with van der Waals surface area (Å²) in [5, 5.41) is 34.0. The number of hydrogen-bond donors (Lipinski definition) is 3. The van der Waals surface area contributed by atoms with Crippen LogP contribution >= 0.6 is 0 Å². The normalized spacial score (nSPS) is 31.9. The van der Waals surface area contributed by atoms with E-state index in [1.807, 2.05) is 128 Å². The maximum atomic E-state index is 12.0. The molecule has 0 aromatic heterocycles. The monoisotopic (exact) mass is 725 g/mol. The first-order valence-electron chi connectivity index (χ1n) is 17.8. The van der Waals surface area contributed by atoms with E-state index in [9.17, 15) is 15.3 Å². The van der Waals surface area contributed by atoms with Gasteiger partial charge in [0, 0.05) is 14.0 Å². The summed E-state index contributed by atoms with van der Waals surface area (Å²) in [5.74, 6) is 0. The second-order valence-corrected chi connectivity index (χ2v) is 13.2. The zero-order valence-electron chi connectivity index (χ0n) is 29.5. The minimum Gasteiger partial charge on any atom is -0.394 e. The van der Waals surface area contributed by atoms with Crippen LogP contribution in [0.2, 0.25) is 0 Å². The van der Waals surface area contributed by atoms with E-state index in [1.165, 1.54) is 0 Å². The van der Waals surface area contributed by atoms with Gasteiger partial charge in [-0.2, -0.15) is 0 Å². The molecule has 0 bridgehead atoms. The molecule has 3 fully saturated rings. The van der Waals surface area contributed by atoms with Crippen LogP contribution < -0.4 is 0 Å². The molecule has 0 amide bonds. The summed E-state index contributed by atoms with van der Waals surface area (Å²) in [6, 6.07) is 38.4. The minimum atomic E-state index is -1.50. The highest BCUT2D eigenvalue weighted by molar-refractivity contribution is 5.75. The van der Waals surface area contributed by atoms with Gasteiger partial charge in [-0.25, -0.2) is 0 Å². The van der Waals surface area contributed by atoms with Crippen LogP contribution in [0.25, 0.3) is 0 Å². The number of aliphatic hydroxyl groups is 3. The maximum absolute atomic E-state index is 12.0. The third-order valence-electron chi connectivity index (χ3n) is 9.66. The quantitative estimate of drug-likeness (QED) is 0.171. The molecule has 3 saturated heterocycles. The average molecular weight is 726 g/mol. The molecule has 53 heavy (non-hydrogen) atoms. The van der Waals surface area contributed by atoms with Gasteiger partial charge in [0.15, 0.2) is 18.9 Å². The number of fused-ring (bicyclic) bond motifs is 1. The zero-order chi connectivity index (χ0) is 35.9. The Hall–Kier alpha value is -3.50. The number of hydrogen-bond acceptors (Lipinski definition) is 11. The van der Waals surface area contributed by atoms with Gasteiger partial charge in [0.05, 0.1) is 32.5 Å². The topological polar surface area (TPSA) is 135 Å². The molecule has 0 spiro atoms. The van der Waals surface area contributed by atoms with Crippen molar-refractivity contribution in [1.29, 1.82) is 0 Å². The molecule has 3 radical (unpaired) electrons. The zero-order valence-corrected chi connectivity index (χ0v) is 29.5. The summed E-state index contributed by atoms with van der Waals surface area (Å²) in [6.07, 6.45) is -11.7. The molecule has 3 aliphatic heterocycles. The van der Waals surface area contributed by atoms with Crippen molar-refractivity contribution >= 4 is 8.41 Å². The van der Waals surface area contributed by atoms with E-state index in [1.54, 1.807) is 0 Å². The summed E-state index contributed by atoms with van der Waals surface area (Å²) in [6.45, 7) is 1.92. The highest BCUT2D eigenvalue weighted by Crippen LogP contribution is 2.38. The molecule has 12 atom stereocenters. The molecular weight excluding hydrogens is 679 g/mol. The lowest BCUT2D eigenvalue weighted by Crippen LogP contribution is -2.66. The third kappa shape index (κ3) is 9.42. The van der Waals surface area contributed by atoms with E-state index >= 15 is 0 Å². The summed E-state index contributed by atoms with van der Waals surface area (Å²) in [4.78, 5) is 0. The summed E-state index contributed by atoms with van der Waals surface area (Å²) < 4.78 is 50.6. The van der Waals surface area contributed by atoms with Crippen LogP contribution in [0.3, 0.4) is 0 Å². The smallest absolute Gasteiger partial charge is 0.187 e. The summed E-state index contributed by atoms with van der Waals surface area (Å²) in [5.41, 5.74) is 3.52. The van der Waals surface area contributed by atoms with E-state index in [2.05, 4.69) is 0 Å². The van der Waals surface area contributed by atoms with Gasteiger partial charge in [-0.1, -0.05) is 121 Å². The molecule has 4 aromatic rings. The molecule has 3 N–H and O–H groups in total. The molecular formula is C41H46BO11. The fraction of sp³-hybridized carbons (Fsp3) is 0.415. The van der Waals surface area contributed by atoms with Crippen molar-refractivity contribution in [1.82, 2.24) is 0 Å². The molecule has 0 saturated carbocycles. The van der Waals surface area contributed by atoms with Crippen LogP contribution in [-0.4, -0.2) is 98.4 Å². The first kappa shape index (κ1) is 39.2. The van der Waals surface area contributed by atoms with Crippen LogP contribution in [-0.2, 0) is 51.1 Å². The van der Waals surface area contributed by atoms with Crippen molar-refractivity contribution in [3.63, 3.8) is 0 Å². The first-order valence-corrected chi connectivity index (χ1v) is 17.8. The number of rotatable bonds is 13. The molecule has 11 nitrogen and oxygen atoms in total. The largest absolute Gasteiger partial charge is 0.394 e. The van der Waals surface area contributed by atoms with Gasteiger partial charge < -0.3 is 53.2 Å². The molecule has 12 heteroatoms. The van der Waals surface area contributed by atoms with Crippen molar-refractivity contribution in [2.75, 3.05) is 13.2 Å². The van der Waals surface area contributed by atoms with Gasteiger partial charge in [-0.15, -0.1) is 0 Å². The number of aliphatic hydroxyl groups excluding tert-OH is 3. The van der Waals surface area contributed by atoms with Crippen molar-refractivity contribution in [2.24, 2.45) is 0 Å². The van der Waals surface area contributed by atoms with Crippen molar-refractivity contribution in [3.8, 4) is 0 Å². The average Bonchev–Trinajstić information content (AvgIpc) is 3.19. The molecule has 279 valence electrons. The molecule has 7 rings (SSSR count). The van der Waals surface area contributed by atoms with E-state index in [4.69, 9.17) is 37.9 Å². The van der Waals surface area contributed by atoms with Gasteiger partial charge in [0.2, 0.25) is 0 Å². The lowest BCUT2D eigenvalue weighted by atomic mass is 9.95. The minimum absolute atomic E-state index is 0. The van der Waals surface area contributed by atoms with Gasteiger partial charge in [0.1, 0.15) is 48.8 Å². The Morgan fingerprint density at radius 3 is 1.85 bits per heavy atom. The summed E-state index contributed by atoms with van der Waals surface area (Å²) >= 11 is 0. The van der Waals surface area contributed by atoms with Crippen molar-refractivity contribution < 1.29 is 53.2 Å². The SMILES string of the molecule is CC(O[C@@H]1C(CO)O[C@@H](OC2C(O)OC3COC(c4ccccc4)O[C@H]3[C@@H]2OCc2ccccc2)C(O)[C@@H]1OCc1ccccc1)c1ccccc1.[B]. The van der Waals surface area contributed by atoms with Crippen LogP contribution in [0.1, 0.15) is 41.6 Å². The molecule has 7 unspecified atom stereocenters. The fourth-order valence-corrected chi connectivity index (χ4v) is 6.91. The Bertz CT molecular complexity index is 1640. The predicted molar refractivity (Wildman–Crippen MR) is 193 cm³/mol. The van der Waals surface area contributed by atoms with Crippen LogP contribution in [0.15, 0.2) is 121 Å². The molecule has 0 aliphatic carbocycles. The van der Waals surface area contributed by atoms with E-state index in [0.29, 0.717) is 0 Å². The Labute approximate surface area is 311 Å². The van der Waals surface area contributed by atoms with Gasteiger partial charge in [-0.3, -0.25) is 0 Å². The van der Waals surface area contributed by atoms with Crippen molar-refractivity contribution in [3.05, 3.63) is 144 Å². The van der Waals surface area contributed by atoms with Crippen LogP contribution in [0, 0.1) is 0 Å². The van der Waals surface area contributed by atoms with Gasteiger partial charge >= 0.3 is 0 Å². The Balaban J connectivity index is 0.00000481. The predicted octanol–water partition coefficient (Wildman–Crippen LogP) is 4.22. The fourth-order valence-electron chi connectivity index (χ4n) is 6.91. The highest BCUT2D eigenvalue weighted by Gasteiger charge is 2.55. The second-order valence-electron chi connectivity index (χ2n) is 13.2. The van der Waals surface area contributed by atoms with E-state index in [0.717, 1.165) is 22.3 Å². The molecule has 3 heterocycles. The lowest BCUT2D eigenvalue weighted by Gasteiger charge is -2.50. The Kier molecular flexibility index (Phi) is 13.8. The highest BCUT2D eigenvalue weighted by atomic mass is 16.8. The summed E-state index contributed by atoms with van der Waals surface area (Å²) in [7, 11) is 0. The van der Waals surface area contributed by atoms with Gasteiger partial charge in [0.25, 0.3) is 0 Å². The van der Waals surface area contributed by atoms with E-state index < -0.39 is 80.4 Å². The van der Waals surface area contributed by atoms with Crippen LogP contribution in [0.4, 0.5) is 0 Å². The lowest BCUT2D eigenvalue weighted by molar-refractivity contribution is -0.395. The van der Waals surface area contributed by atoms with Gasteiger partial charge in [-0.05, 0) is 23.6 Å². The van der Waals surface area contributed by atoms with Crippen molar-refractivity contribution in [2.45, 2.75) is 93.9 Å². The van der Waals surface area contributed by atoms with E-state index in [-0.39, 0.29) is 28.2 Å². The standard InChI is InChI=1S/C41H46O11.B/c1-26(29-18-10-4-11-19-29)48-34-31(22-42)50-41(33(43)36(34)45-23-27-14-6-2-7-15-27)52-38-37(46-24-28-16-8-3-9-17-28)35-32(49-39(38)44)25-47-40(51-35)30-20-12-5-13-21-30;/h2-21,26,31-44H,22-25H2,1H3;/t26?,31?,32?,33?,34-,35-,36+,37+,38?,39?,40?,41+;/m1./s1. The first-order chi connectivity index (χ1) is 25.5. The second kappa shape index (κ2) is 18.7. The Morgan fingerprint density at radius 2 is 1.25 bits per heavy atom. The molecule has 4 aromatic carbocycles.